The number of hydrogen-bond acceptors (Lipinski definition) is 5. The quantitative estimate of drug-likeness (QED) is 0.736. The van der Waals surface area contributed by atoms with E-state index < -0.39 is 17.5 Å². The first-order chi connectivity index (χ1) is 14.8. The molecule has 1 aromatic carbocycles. The zero-order valence-corrected chi connectivity index (χ0v) is 18.1. The summed E-state index contributed by atoms with van der Waals surface area (Å²) in [4.78, 5) is 45.3. The number of carbonyl (C=O) groups is 3. The van der Waals surface area contributed by atoms with Gasteiger partial charge in [-0.3, -0.25) is 14.9 Å². The minimum absolute atomic E-state index is 0.0396. The van der Waals surface area contributed by atoms with Gasteiger partial charge in [0.25, 0.3) is 11.8 Å². The number of aryl methyl sites for hydroxylation is 2. The van der Waals surface area contributed by atoms with Crippen molar-refractivity contribution in [1.82, 2.24) is 20.5 Å². The van der Waals surface area contributed by atoms with Crippen LogP contribution in [0.25, 0.3) is 0 Å². The molecule has 8 nitrogen and oxygen atoms in total. The number of rotatable bonds is 4. The number of urea groups is 1. The van der Waals surface area contributed by atoms with E-state index in [-0.39, 0.29) is 5.91 Å². The third-order valence-corrected chi connectivity index (χ3v) is 6.14. The van der Waals surface area contributed by atoms with Crippen molar-refractivity contribution >= 4 is 23.7 Å². The fraction of sp³-hybridized carbons (Fsp3) is 0.391. The molecule has 162 valence electrons. The third-order valence-electron chi connectivity index (χ3n) is 6.14. The van der Waals surface area contributed by atoms with Crippen molar-refractivity contribution in [1.29, 1.82) is 0 Å². The van der Waals surface area contributed by atoms with Crippen LogP contribution in [0.3, 0.4) is 0 Å². The van der Waals surface area contributed by atoms with Crippen LogP contribution in [0.5, 0.6) is 0 Å². The number of nitrogens with one attached hydrogen (secondary N) is 2. The van der Waals surface area contributed by atoms with Crippen molar-refractivity contribution in [3.05, 3.63) is 58.8 Å². The van der Waals surface area contributed by atoms with Gasteiger partial charge in [0.15, 0.2) is 0 Å². The lowest BCUT2D eigenvalue weighted by Crippen LogP contribution is -2.49. The van der Waals surface area contributed by atoms with Gasteiger partial charge in [-0.1, -0.05) is 25.1 Å². The molecule has 2 aromatic rings. The van der Waals surface area contributed by atoms with Gasteiger partial charge in [0.2, 0.25) is 0 Å². The molecule has 0 spiro atoms. The molecule has 8 heteroatoms. The monoisotopic (exact) mass is 421 g/mol. The zero-order chi connectivity index (χ0) is 22.2. The Morgan fingerprint density at radius 2 is 1.81 bits per heavy atom. The Bertz CT molecular complexity index is 1030. The lowest BCUT2D eigenvalue weighted by molar-refractivity contribution is -0.123. The first-order valence-electron chi connectivity index (χ1n) is 10.6. The maximum atomic E-state index is 13.0. The second-order valence-corrected chi connectivity index (χ2v) is 8.23. The van der Waals surface area contributed by atoms with E-state index in [1.54, 1.807) is 31.2 Å². The third kappa shape index (κ3) is 3.85. The Morgan fingerprint density at radius 3 is 2.35 bits per heavy atom. The molecular weight excluding hydrogens is 394 g/mol. The fourth-order valence-electron chi connectivity index (χ4n) is 4.15. The molecule has 31 heavy (non-hydrogen) atoms. The summed E-state index contributed by atoms with van der Waals surface area (Å²) in [5.41, 5.74) is 2.46. The molecule has 0 aliphatic carbocycles. The van der Waals surface area contributed by atoms with Crippen LogP contribution in [0.2, 0.25) is 0 Å². The molecule has 2 aliphatic rings. The maximum Gasteiger partial charge on any atom is 0.322 e. The van der Waals surface area contributed by atoms with Gasteiger partial charge in [-0.15, -0.1) is 0 Å². The smallest absolute Gasteiger partial charge is 0.322 e. The molecular formula is C23H27N5O3. The molecule has 4 rings (SSSR count). The summed E-state index contributed by atoms with van der Waals surface area (Å²) in [6, 6.07) is 8.52. The number of anilines is 1. The van der Waals surface area contributed by atoms with Crippen LogP contribution in [0.1, 0.15) is 40.9 Å². The first kappa shape index (κ1) is 20.8. The number of imide groups is 1. The predicted molar refractivity (Wildman–Crippen MR) is 117 cm³/mol. The molecule has 4 amide bonds. The van der Waals surface area contributed by atoms with E-state index in [9.17, 15) is 14.4 Å². The molecule has 0 bridgehead atoms. The number of pyridine rings is 1. The standard InChI is InChI=1S/C23H27N5O3/c1-4-16-13-15(2)19(24-14-16)27-9-11-28(12-10-27)20(29)17-5-7-18(8-6-17)23(3)21(30)25-22(31)26-23/h5-8,13-14H,4,9-12H2,1-3H3,(H2,25,26,30,31). The highest BCUT2D eigenvalue weighted by atomic mass is 16.2. The van der Waals surface area contributed by atoms with Crippen LogP contribution in [0.4, 0.5) is 10.6 Å². The lowest BCUT2D eigenvalue weighted by atomic mass is 9.91. The van der Waals surface area contributed by atoms with Crippen molar-refractivity contribution in [2.75, 3.05) is 31.1 Å². The summed E-state index contributed by atoms with van der Waals surface area (Å²) >= 11 is 0. The summed E-state index contributed by atoms with van der Waals surface area (Å²) in [5, 5.41) is 4.88. The molecule has 2 N–H and O–H groups in total. The zero-order valence-electron chi connectivity index (χ0n) is 18.1. The molecule has 1 unspecified atom stereocenters. The fourth-order valence-corrected chi connectivity index (χ4v) is 4.15. The average Bonchev–Trinajstić information content (AvgIpc) is 3.05. The van der Waals surface area contributed by atoms with Gasteiger partial charge in [-0.25, -0.2) is 9.78 Å². The Kier molecular flexibility index (Phi) is 5.39. The Balaban J connectivity index is 1.41. The van der Waals surface area contributed by atoms with Gasteiger partial charge in [0, 0.05) is 37.9 Å². The Morgan fingerprint density at radius 1 is 1.13 bits per heavy atom. The van der Waals surface area contributed by atoms with E-state index in [4.69, 9.17) is 0 Å². The van der Waals surface area contributed by atoms with Crippen LogP contribution < -0.4 is 15.5 Å². The minimum atomic E-state index is -1.12. The maximum absolute atomic E-state index is 13.0. The van der Waals surface area contributed by atoms with Gasteiger partial charge in [0.05, 0.1) is 0 Å². The van der Waals surface area contributed by atoms with Crippen molar-refractivity contribution in [3.8, 4) is 0 Å². The molecule has 2 aliphatic heterocycles. The summed E-state index contributed by atoms with van der Waals surface area (Å²) < 4.78 is 0. The molecule has 1 atom stereocenters. The number of piperazine rings is 1. The highest BCUT2D eigenvalue weighted by Gasteiger charge is 2.43. The van der Waals surface area contributed by atoms with Crippen molar-refractivity contribution in [3.63, 3.8) is 0 Å². The SMILES string of the molecule is CCc1cnc(N2CCN(C(=O)c3ccc(C4(C)NC(=O)NC4=O)cc3)CC2)c(C)c1. The number of aromatic nitrogens is 1. The van der Waals surface area contributed by atoms with Gasteiger partial charge in [-0.05, 0) is 49.1 Å². The number of benzene rings is 1. The van der Waals surface area contributed by atoms with Gasteiger partial charge < -0.3 is 15.1 Å². The van der Waals surface area contributed by atoms with E-state index in [1.165, 1.54) is 5.56 Å². The molecule has 1 aromatic heterocycles. The molecule has 2 saturated heterocycles. The van der Waals surface area contributed by atoms with E-state index in [2.05, 4.69) is 40.4 Å². The largest absolute Gasteiger partial charge is 0.353 e. The highest BCUT2D eigenvalue weighted by molar-refractivity contribution is 6.07. The van der Waals surface area contributed by atoms with Crippen molar-refractivity contribution < 1.29 is 14.4 Å². The van der Waals surface area contributed by atoms with Crippen LogP contribution in [-0.2, 0) is 16.8 Å². The van der Waals surface area contributed by atoms with Gasteiger partial charge >= 0.3 is 6.03 Å². The van der Waals surface area contributed by atoms with Crippen LogP contribution in [0.15, 0.2) is 36.5 Å². The average molecular weight is 422 g/mol. The number of carbonyl (C=O) groups excluding carboxylic acids is 3. The van der Waals surface area contributed by atoms with Gasteiger partial charge in [-0.2, -0.15) is 0 Å². The summed E-state index contributed by atoms with van der Waals surface area (Å²) in [6.07, 6.45) is 2.89. The molecule has 0 saturated carbocycles. The van der Waals surface area contributed by atoms with Crippen molar-refractivity contribution in [2.45, 2.75) is 32.7 Å². The number of nitrogens with zero attached hydrogens (tertiary/aromatic N) is 3. The minimum Gasteiger partial charge on any atom is -0.353 e. The van der Waals surface area contributed by atoms with E-state index >= 15 is 0 Å². The second-order valence-electron chi connectivity index (χ2n) is 8.23. The highest BCUT2D eigenvalue weighted by Crippen LogP contribution is 2.25. The topological polar surface area (TPSA) is 94.6 Å². The Labute approximate surface area is 181 Å². The molecule has 0 radical (unpaired) electrons. The molecule has 2 fully saturated rings. The summed E-state index contributed by atoms with van der Waals surface area (Å²) in [7, 11) is 0. The molecule has 3 heterocycles. The Hall–Kier alpha value is -3.42. The van der Waals surface area contributed by atoms with Crippen LogP contribution in [-0.4, -0.2) is 53.9 Å². The van der Waals surface area contributed by atoms with E-state index in [0.717, 1.165) is 30.9 Å². The lowest BCUT2D eigenvalue weighted by Gasteiger charge is -2.36. The normalized spacial score (nSPS) is 21.1. The van der Waals surface area contributed by atoms with Crippen molar-refractivity contribution in [2.24, 2.45) is 0 Å². The van der Waals surface area contributed by atoms with E-state index in [1.807, 2.05) is 11.1 Å². The first-order valence-corrected chi connectivity index (χ1v) is 10.6. The van der Waals surface area contributed by atoms with Crippen LogP contribution in [0, 0.1) is 6.92 Å². The van der Waals surface area contributed by atoms with Gasteiger partial charge in [0.1, 0.15) is 11.4 Å². The summed E-state index contributed by atoms with van der Waals surface area (Å²) in [5.74, 6) is 0.546. The summed E-state index contributed by atoms with van der Waals surface area (Å²) in [6.45, 7) is 8.54. The van der Waals surface area contributed by atoms with Crippen LogP contribution >= 0.6 is 0 Å². The number of hydrogen-bond donors (Lipinski definition) is 2. The van der Waals surface area contributed by atoms with E-state index in [0.29, 0.717) is 24.2 Å². The number of amides is 4. The second kappa shape index (κ2) is 8.02. The predicted octanol–water partition coefficient (Wildman–Crippen LogP) is 1.97.